The predicted molar refractivity (Wildman–Crippen MR) is 96.5 cm³/mol. The quantitative estimate of drug-likeness (QED) is 0.656. The topological polar surface area (TPSA) is 80.9 Å². The molecule has 0 aromatic heterocycles. The highest BCUT2D eigenvalue weighted by Gasteiger charge is 2.14. The van der Waals surface area contributed by atoms with Gasteiger partial charge in [0.1, 0.15) is 17.2 Å². The molecular weight excluding hydrogens is 346 g/mol. The Balaban J connectivity index is 2.00. The van der Waals surface area contributed by atoms with E-state index in [4.69, 9.17) is 25.8 Å². The van der Waals surface area contributed by atoms with E-state index < -0.39 is 6.03 Å². The minimum Gasteiger partial charge on any atom is -0.496 e. The van der Waals surface area contributed by atoms with E-state index in [1.807, 2.05) is 0 Å². The molecule has 8 heteroatoms. The zero-order valence-corrected chi connectivity index (χ0v) is 14.9. The second-order valence-corrected chi connectivity index (χ2v) is 5.33. The van der Waals surface area contributed by atoms with Gasteiger partial charge in [-0.1, -0.05) is 23.7 Å². The van der Waals surface area contributed by atoms with Gasteiger partial charge in [0.05, 0.1) is 44.1 Å². The van der Waals surface area contributed by atoms with Crippen LogP contribution in [0.3, 0.4) is 0 Å². The van der Waals surface area contributed by atoms with Crippen LogP contribution in [0.15, 0.2) is 36.4 Å². The summed E-state index contributed by atoms with van der Waals surface area (Å²) in [6, 6.07) is 10.1. The number of rotatable bonds is 7. The largest absolute Gasteiger partial charge is 0.496 e. The van der Waals surface area contributed by atoms with Crippen LogP contribution in [-0.4, -0.2) is 27.4 Å². The van der Waals surface area contributed by atoms with Crippen LogP contribution in [0.25, 0.3) is 0 Å². The highest BCUT2D eigenvalue weighted by Crippen LogP contribution is 2.33. The molecule has 0 unspecified atom stereocenters. The normalized spacial score (nSPS) is 9.92. The first-order valence-electron chi connectivity index (χ1n) is 7.42. The highest BCUT2D eigenvalue weighted by molar-refractivity contribution is 6.33. The third kappa shape index (κ3) is 4.84. The summed E-state index contributed by atoms with van der Waals surface area (Å²) in [7, 11) is 4.63. The fourth-order valence-electron chi connectivity index (χ4n) is 2.15. The molecule has 0 aliphatic carbocycles. The molecule has 0 saturated heterocycles. The minimum absolute atomic E-state index is 0.201. The summed E-state index contributed by atoms with van der Waals surface area (Å²) in [6.07, 6.45) is 0. The van der Waals surface area contributed by atoms with E-state index in [1.54, 1.807) is 43.5 Å². The van der Waals surface area contributed by atoms with Crippen molar-refractivity contribution in [1.29, 1.82) is 0 Å². The van der Waals surface area contributed by atoms with E-state index in [1.165, 1.54) is 14.2 Å². The van der Waals surface area contributed by atoms with Crippen LogP contribution < -0.4 is 30.4 Å². The molecule has 2 amide bonds. The maximum atomic E-state index is 12.0. The average Bonchev–Trinajstić information content (AvgIpc) is 2.64. The second-order valence-electron chi connectivity index (χ2n) is 4.92. The number of carbonyl (C=O) groups excluding carboxylic acids is 1. The number of carbonyl (C=O) groups is 1. The Morgan fingerprint density at radius 2 is 1.68 bits per heavy atom. The molecule has 2 aromatic carbocycles. The minimum atomic E-state index is -0.431. The van der Waals surface area contributed by atoms with Gasteiger partial charge in [-0.3, -0.25) is 10.9 Å². The lowest BCUT2D eigenvalue weighted by Gasteiger charge is -2.16. The first-order chi connectivity index (χ1) is 12.1. The Kier molecular flexibility index (Phi) is 6.59. The number of hydrazine groups is 1. The van der Waals surface area contributed by atoms with Crippen molar-refractivity contribution < 1.29 is 19.0 Å². The van der Waals surface area contributed by atoms with Crippen LogP contribution in [0, 0.1) is 0 Å². The fourth-order valence-corrected chi connectivity index (χ4v) is 2.33. The molecular formula is C17H20ClN3O4. The summed E-state index contributed by atoms with van der Waals surface area (Å²) < 4.78 is 15.9. The maximum Gasteiger partial charge on any atom is 0.333 e. The zero-order valence-electron chi connectivity index (χ0n) is 14.2. The summed E-state index contributed by atoms with van der Waals surface area (Å²) in [6.45, 7) is 0.201. The number of urea groups is 1. The molecule has 0 atom stereocenters. The molecule has 3 N–H and O–H groups in total. The Bertz CT molecular complexity index is 715. The third-order valence-corrected chi connectivity index (χ3v) is 3.76. The van der Waals surface area contributed by atoms with Crippen LogP contribution in [0.4, 0.5) is 10.5 Å². The van der Waals surface area contributed by atoms with Crippen LogP contribution in [0.1, 0.15) is 5.56 Å². The Labute approximate surface area is 151 Å². The van der Waals surface area contributed by atoms with E-state index >= 15 is 0 Å². The lowest BCUT2D eigenvalue weighted by molar-refractivity contribution is 0.242. The van der Waals surface area contributed by atoms with Gasteiger partial charge in [0.2, 0.25) is 0 Å². The van der Waals surface area contributed by atoms with Crippen molar-refractivity contribution in [3.8, 4) is 17.2 Å². The van der Waals surface area contributed by atoms with E-state index in [0.717, 1.165) is 0 Å². The van der Waals surface area contributed by atoms with E-state index in [2.05, 4.69) is 16.2 Å². The second kappa shape index (κ2) is 8.89. The van der Waals surface area contributed by atoms with Crippen molar-refractivity contribution in [2.24, 2.45) is 0 Å². The number of methoxy groups -OCH3 is 3. The van der Waals surface area contributed by atoms with Gasteiger partial charge in [0, 0.05) is 12.1 Å². The Morgan fingerprint density at radius 3 is 2.24 bits per heavy atom. The fraction of sp³-hybridized carbons (Fsp3) is 0.235. The number of benzene rings is 2. The summed E-state index contributed by atoms with van der Waals surface area (Å²) >= 11 is 6.01. The molecule has 0 aliphatic heterocycles. The molecule has 0 heterocycles. The van der Waals surface area contributed by atoms with Gasteiger partial charge < -0.3 is 19.5 Å². The molecule has 0 spiro atoms. The maximum absolute atomic E-state index is 12.0. The number of nitrogens with one attached hydrogen (secondary N) is 3. The molecule has 134 valence electrons. The number of ether oxygens (including phenoxy) is 3. The lowest BCUT2D eigenvalue weighted by atomic mass is 10.1. The molecule has 0 bridgehead atoms. The molecule has 25 heavy (non-hydrogen) atoms. The molecule has 2 aromatic rings. The summed E-state index contributed by atoms with van der Waals surface area (Å²) in [5.74, 6) is 1.70. The summed E-state index contributed by atoms with van der Waals surface area (Å²) in [4.78, 5) is 12.0. The van der Waals surface area contributed by atoms with Crippen molar-refractivity contribution in [3.05, 3.63) is 47.0 Å². The number of para-hydroxylation sites is 1. The van der Waals surface area contributed by atoms with Gasteiger partial charge in [0.25, 0.3) is 0 Å². The van der Waals surface area contributed by atoms with Crippen molar-refractivity contribution >= 4 is 23.3 Å². The zero-order chi connectivity index (χ0) is 18.2. The SMILES string of the molecule is COc1cc(OC)c(CNC(=O)NNc2ccccc2Cl)c(OC)c1. The highest BCUT2D eigenvalue weighted by atomic mass is 35.5. The number of amides is 2. The van der Waals surface area contributed by atoms with Crippen molar-refractivity contribution in [2.45, 2.75) is 6.54 Å². The standard InChI is InChI=1S/C17H20ClN3O4/c1-23-11-8-15(24-2)12(16(9-11)25-3)10-19-17(22)21-20-14-7-5-4-6-13(14)18/h4-9,20H,10H2,1-3H3,(H2,19,21,22). The number of hydrogen-bond donors (Lipinski definition) is 3. The molecule has 7 nitrogen and oxygen atoms in total. The van der Waals surface area contributed by atoms with Gasteiger partial charge >= 0.3 is 6.03 Å². The van der Waals surface area contributed by atoms with E-state index in [0.29, 0.717) is 33.5 Å². The first-order valence-corrected chi connectivity index (χ1v) is 7.80. The average molecular weight is 366 g/mol. The van der Waals surface area contributed by atoms with E-state index in [-0.39, 0.29) is 6.54 Å². The molecule has 0 fully saturated rings. The Hall–Kier alpha value is -2.80. The first kappa shape index (κ1) is 18.5. The van der Waals surface area contributed by atoms with Gasteiger partial charge in [-0.25, -0.2) is 4.79 Å². The van der Waals surface area contributed by atoms with Crippen LogP contribution in [-0.2, 0) is 6.54 Å². The van der Waals surface area contributed by atoms with Crippen LogP contribution >= 0.6 is 11.6 Å². The van der Waals surface area contributed by atoms with Gasteiger partial charge in [0.15, 0.2) is 0 Å². The monoisotopic (exact) mass is 365 g/mol. The van der Waals surface area contributed by atoms with Crippen molar-refractivity contribution in [2.75, 3.05) is 26.8 Å². The Morgan fingerprint density at radius 1 is 1.04 bits per heavy atom. The molecule has 2 rings (SSSR count). The molecule has 0 aliphatic rings. The van der Waals surface area contributed by atoms with Crippen LogP contribution in [0.5, 0.6) is 17.2 Å². The van der Waals surface area contributed by atoms with Crippen LogP contribution in [0.2, 0.25) is 5.02 Å². The van der Waals surface area contributed by atoms with E-state index in [9.17, 15) is 4.79 Å². The number of hydrogen-bond acceptors (Lipinski definition) is 5. The lowest BCUT2D eigenvalue weighted by Crippen LogP contribution is -2.38. The smallest absolute Gasteiger partial charge is 0.333 e. The number of halogens is 1. The third-order valence-electron chi connectivity index (χ3n) is 3.43. The molecule has 0 saturated carbocycles. The van der Waals surface area contributed by atoms with Crippen molar-refractivity contribution in [3.63, 3.8) is 0 Å². The van der Waals surface area contributed by atoms with Crippen molar-refractivity contribution in [1.82, 2.24) is 10.7 Å². The summed E-state index contributed by atoms with van der Waals surface area (Å²) in [5.41, 5.74) is 6.55. The van der Waals surface area contributed by atoms with Gasteiger partial charge in [-0.2, -0.15) is 0 Å². The predicted octanol–water partition coefficient (Wildman–Crippen LogP) is 3.19. The van der Waals surface area contributed by atoms with Gasteiger partial charge in [-0.05, 0) is 12.1 Å². The summed E-state index contributed by atoms with van der Waals surface area (Å²) in [5, 5.41) is 3.22. The number of anilines is 1. The molecule has 0 radical (unpaired) electrons. The van der Waals surface area contributed by atoms with Gasteiger partial charge in [-0.15, -0.1) is 0 Å².